The van der Waals surface area contributed by atoms with Crippen LogP contribution in [-0.2, 0) is 6.18 Å². The molecule has 2 aromatic rings. The molecule has 0 aliphatic carbocycles. The maximum absolute atomic E-state index is 12.8. The molecular weight excluding hydrogens is 249 g/mol. The summed E-state index contributed by atoms with van der Waals surface area (Å²) in [7, 11) is 0. The lowest BCUT2D eigenvalue weighted by atomic mass is 10.1. The summed E-state index contributed by atoms with van der Waals surface area (Å²) >= 11 is 0. The van der Waals surface area contributed by atoms with Crippen molar-refractivity contribution in [3.8, 4) is 11.4 Å². The molecule has 18 heavy (non-hydrogen) atoms. The minimum atomic E-state index is -4.55. The molecule has 2 rings (SSSR count). The van der Waals surface area contributed by atoms with Crippen LogP contribution < -0.4 is 11.4 Å². The van der Waals surface area contributed by atoms with Gasteiger partial charge in [0.25, 0.3) is 0 Å². The van der Waals surface area contributed by atoms with Crippen LogP contribution in [0.1, 0.15) is 5.56 Å². The van der Waals surface area contributed by atoms with Crippen LogP contribution in [0.4, 0.5) is 19.1 Å². The van der Waals surface area contributed by atoms with E-state index in [-0.39, 0.29) is 17.3 Å². The molecule has 0 aliphatic heterocycles. The summed E-state index contributed by atoms with van der Waals surface area (Å²) in [4.78, 5) is 20.0. The van der Waals surface area contributed by atoms with Gasteiger partial charge in [-0.15, -0.1) is 0 Å². The van der Waals surface area contributed by atoms with E-state index >= 15 is 0 Å². The predicted molar refractivity (Wildman–Crippen MR) is 57.5 cm³/mol. The number of benzene rings is 1. The van der Waals surface area contributed by atoms with Crippen molar-refractivity contribution in [3.05, 3.63) is 40.3 Å². The second kappa shape index (κ2) is 4.13. The monoisotopic (exact) mass is 256 g/mol. The summed E-state index contributed by atoms with van der Waals surface area (Å²) in [6, 6.07) is 4.74. The Bertz CT molecular complexity index is 636. The van der Waals surface area contributed by atoms with Crippen LogP contribution in [0.3, 0.4) is 0 Å². The number of aromatic nitrogens is 3. The van der Waals surface area contributed by atoms with Crippen LogP contribution >= 0.6 is 0 Å². The van der Waals surface area contributed by atoms with E-state index < -0.39 is 17.4 Å². The van der Waals surface area contributed by atoms with E-state index in [1.807, 2.05) is 0 Å². The second-order valence-electron chi connectivity index (χ2n) is 3.40. The largest absolute Gasteiger partial charge is 0.417 e. The van der Waals surface area contributed by atoms with Crippen molar-refractivity contribution < 1.29 is 13.2 Å². The first-order chi connectivity index (χ1) is 8.38. The van der Waals surface area contributed by atoms with Crippen molar-refractivity contribution in [2.75, 3.05) is 5.73 Å². The summed E-state index contributed by atoms with van der Waals surface area (Å²) in [5, 5.41) is 0. The smallest absolute Gasteiger partial charge is 0.368 e. The van der Waals surface area contributed by atoms with E-state index in [4.69, 9.17) is 5.73 Å². The molecule has 0 radical (unpaired) electrons. The minimum Gasteiger partial charge on any atom is -0.368 e. The summed E-state index contributed by atoms with van der Waals surface area (Å²) in [6.45, 7) is 0. The van der Waals surface area contributed by atoms with Gasteiger partial charge in [-0.2, -0.15) is 23.1 Å². The summed E-state index contributed by atoms with van der Waals surface area (Å²) in [5.41, 5.74) is 3.22. The molecule has 0 bridgehead atoms. The molecule has 0 unspecified atom stereocenters. The standard InChI is InChI=1S/C10H7F3N4O/c11-10(12,13)6-4-2-1-3-5(6)7-15-8(14)17-9(18)16-7/h1-4H,(H3,14,15,16,17,18). The lowest BCUT2D eigenvalue weighted by molar-refractivity contribution is -0.137. The van der Waals surface area contributed by atoms with Gasteiger partial charge in [0.05, 0.1) is 5.56 Å². The number of nitrogens with zero attached hydrogens (tertiary/aromatic N) is 2. The van der Waals surface area contributed by atoms with Gasteiger partial charge in [-0.1, -0.05) is 18.2 Å². The first-order valence-electron chi connectivity index (χ1n) is 4.78. The Morgan fingerprint density at radius 1 is 1.17 bits per heavy atom. The topological polar surface area (TPSA) is 84.7 Å². The van der Waals surface area contributed by atoms with Gasteiger partial charge in [0.2, 0.25) is 5.95 Å². The van der Waals surface area contributed by atoms with Gasteiger partial charge < -0.3 is 5.73 Å². The van der Waals surface area contributed by atoms with Crippen molar-refractivity contribution in [2.24, 2.45) is 0 Å². The van der Waals surface area contributed by atoms with Gasteiger partial charge in [0.1, 0.15) is 5.82 Å². The Morgan fingerprint density at radius 3 is 2.44 bits per heavy atom. The first-order valence-corrected chi connectivity index (χ1v) is 4.78. The lowest BCUT2D eigenvalue weighted by Gasteiger charge is -2.11. The van der Waals surface area contributed by atoms with E-state index in [0.29, 0.717) is 0 Å². The second-order valence-corrected chi connectivity index (χ2v) is 3.40. The molecule has 0 saturated heterocycles. The molecule has 0 atom stereocenters. The third-order valence-corrected chi connectivity index (χ3v) is 2.16. The van der Waals surface area contributed by atoms with Crippen molar-refractivity contribution in [3.63, 3.8) is 0 Å². The average Bonchev–Trinajstić information content (AvgIpc) is 2.26. The number of nitrogen functional groups attached to an aromatic ring is 1. The van der Waals surface area contributed by atoms with E-state index in [2.05, 4.69) is 15.0 Å². The Labute approximate surface area is 98.5 Å². The SMILES string of the molecule is Nc1nc(-c2ccccc2C(F)(F)F)[nH]c(=O)n1. The Morgan fingerprint density at radius 2 is 1.83 bits per heavy atom. The molecule has 0 saturated carbocycles. The van der Waals surface area contributed by atoms with Crippen LogP contribution in [0, 0.1) is 0 Å². The van der Waals surface area contributed by atoms with Crippen molar-refractivity contribution in [2.45, 2.75) is 6.18 Å². The normalized spacial score (nSPS) is 11.5. The van der Waals surface area contributed by atoms with Crippen LogP contribution in [0.25, 0.3) is 11.4 Å². The number of rotatable bonds is 1. The highest BCUT2D eigenvalue weighted by Gasteiger charge is 2.33. The fourth-order valence-corrected chi connectivity index (χ4v) is 1.47. The van der Waals surface area contributed by atoms with Crippen LogP contribution in [0.2, 0.25) is 0 Å². The predicted octanol–water partition coefficient (Wildman–Crippen LogP) is 1.43. The maximum Gasteiger partial charge on any atom is 0.417 e. The molecule has 1 aromatic carbocycles. The molecule has 0 fully saturated rings. The maximum atomic E-state index is 12.8. The number of halogens is 3. The number of aromatic amines is 1. The third kappa shape index (κ3) is 2.31. The van der Waals surface area contributed by atoms with Crippen LogP contribution in [0.5, 0.6) is 0 Å². The first kappa shape index (κ1) is 12.1. The number of anilines is 1. The van der Waals surface area contributed by atoms with E-state index in [0.717, 1.165) is 6.07 Å². The summed E-state index contributed by atoms with van der Waals surface area (Å²) in [5.74, 6) is -0.647. The molecule has 0 spiro atoms. The van der Waals surface area contributed by atoms with Gasteiger partial charge >= 0.3 is 11.9 Å². The van der Waals surface area contributed by atoms with Gasteiger partial charge in [-0.05, 0) is 6.07 Å². The fourth-order valence-electron chi connectivity index (χ4n) is 1.47. The quantitative estimate of drug-likeness (QED) is 0.808. The van der Waals surface area contributed by atoms with Crippen LogP contribution in [0.15, 0.2) is 29.1 Å². The molecule has 1 aromatic heterocycles. The van der Waals surface area contributed by atoms with E-state index in [1.165, 1.54) is 18.2 Å². The highest BCUT2D eigenvalue weighted by atomic mass is 19.4. The number of H-pyrrole nitrogens is 1. The molecule has 3 N–H and O–H groups in total. The molecule has 1 heterocycles. The zero-order chi connectivity index (χ0) is 13.3. The zero-order valence-corrected chi connectivity index (χ0v) is 8.82. The third-order valence-electron chi connectivity index (χ3n) is 2.16. The average molecular weight is 256 g/mol. The van der Waals surface area contributed by atoms with Crippen LogP contribution in [-0.4, -0.2) is 15.0 Å². The Balaban J connectivity index is 2.68. The molecule has 0 aliphatic rings. The van der Waals surface area contributed by atoms with Crippen molar-refractivity contribution in [1.29, 1.82) is 0 Å². The Hall–Kier alpha value is -2.38. The minimum absolute atomic E-state index is 0.254. The summed E-state index contributed by atoms with van der Waals surface area (Å²) < 4.78 is 38.3. The highest BCUT2D eigenvalue weighted by molar-refractivity contribution is 5.61. The van der Waals surface area contributed by atoms with Gasteiger partial charge in [-0.3, -0.25) is 4.98 Å². The number of hydrogen-bond donors (Lipinski definition) is 2. The highest BCUT2D eigenvalue weighted by Crippen LogP contribution is 2.35. The van der Waals surface area contributed by atoms with E-state index in [9.17, 15) is 18.0 Å². The fraction of sp³-hybridized carbons (Fsp3) is 0.100. The number of hydrogen-bond acceptors (Lipinski definition) is 4. The van der Waals surface area contributed by atoms with Crippen molar-refractivity contribution in [1.82, 2.24) is 15.0 Å². The molecule has 8 heteroatoms. The zero-order valence-electron chi connectivity index (χ0n) is 8.82. The van der Waals surface area contributed by atoms with Gasteiger partial charge in [0.15, 0.2) is 0 Å². The van der Waals surface area contributed by atoms with Crippen molar-refractivity contribution >= 4 is 5.95 Å². The Kier molecular flexibility index (Phi) is 2.77. The number of nitrogens with two attached hydrogens (primary N) is 1. The number of alkyl halides is 3. The van der Waals surface area contributed by atoms with Gasteiger partial charge in [0, 0.05) is 5.56 Å². The van der Waals surface area contributed by atoms with E-state index in [1.54, 1.807) is 0 Å². The summed E-state index contributed by atoms with van der Waals surface area (Å²) in [6.07, 6.45) is -4.55. The van der Waals surface area contributed by atoms with Gasteiger partial charge in [-0.25, -0.2) is 4.79 Å². The molecular formula is C10H7F3N4O. The number of nitrogens with one attached hydrogen (secondary N) is 1. The lowest BCUT2D eigenvalue weighted by Crippen LogP contribution is -2.17. The molecule has 94 valence electrons. The molecule has 0 amide bonds. The molecule has 5 nitrogen and oxygen atoms in total.